The maximum Gasteiger partial charge on any atom is 0.238 e. The Balaban J connectivity index is 1.81. The first-order valence-corrected chi connectivity index (χ1v) is 6.26. The minimum absolute atomic E-state index is 0.0705. The van der Waals surface area contributed by atoms with Crippen LogP contribution in [0.2, 0.25) is 0 Å². The molecule has 2 aliphatic rings. The number of carbonyl (C=O) groups is 1. The van der Waals surface area contributed by atoms with E-state index in [1.54, 1.807) is 0 Å². The van der Waals surface area contributed by atoms with Gasteiger partial charge in [0, 0.05) is 6.54 Å². The second-order valence-corrected chi connectivity index (χ2v) is 5.53. The third-order valence-corrected chi connectivity index (χ3v) is 3.85. The third-order valence-electron chi connectivity index (χ3n) is 3.85. The zero-order valence-corrected chi connectivity index (χ0v) is 10.1. The smallest absolute Gasteiger partial charge is 0.238 e. The molecule has 90 valence electrons. The lowest BCUT2D eigenvalue weighted by molar-refractivity contribution is -0.128. The van der Waals surface area contributed by atoms with E-state index >= 15 is 0 Å². The van der Waals surface area contributed by atoms with Gasteiger partial charge in [-0.05, 0) is 23.8 Å². The fourth-order valence-corrected chi connectivity index (χ4v) is 2.44. The average Bonchev–Trinajstić information content (AvgIpc) is 2.96. The van der Waals surface area contributed by atoms with Crippen LogP contribution in [-0.4, -0.2) is 23.9 Å². The Morgan fingerprint density at radius 2 is 2.06 bits per heavy atom. The lowest BCUT2D eigenvalue weighted by atomic mass is 10.1. The van der Waals surface area contributed by atoms with Crippen molar-refractivity contribution < 1.29 is 4.79 Å². The average molecular weight is 230 g/mol. The zero-order chi connectivity index (χ0) is 11.9. The first-order chi connectivity index (χ1) is 8.18. The molecule has 17 heavy (non-hydrogen) atoms. The SMILES string of the molecule is CC1(CN2C(=O)CNC2c2ccccc2)CC1. The van der Waals surface area contributed by atoms with E-state index in [0.717, 1.165) is 6.54 Å². The quantitative estimate of drug-likeness (QED) is 0.860. The Labute approximate surface area is 102 Å². The highest BCUT2D eigenvalue weighted by molar-refractivity contribution is 5.81. The molecule has 3 rings (SSSR count). The maximum atomic E-state index is 11.9. The monoisotopic (exact) mass is 230 g/mol. The van der Waals surface area contributed by atoms with Gasteiger partial charge in [-0.3, -0.25) is 10.1 Å². The van der Waals surface area contributed by atoms with Crippen molar-refractivity contribution in [1.29, 1.82) is 0 Å². The summed E-state index contributed by atoms with van der Waals surface area (Å²) in [5, 5.41) is 3.30. The molecule has 0 bridgehead atoms. The molecule has 0 aromatic heterocycles. The van der Waals surface area contributed by atoms with Crippen molar-refractivity contribution in [3.63, 3.8) is 0 Å². The Morgan fingerprint density at radius 1 is 1.35 bits per heavy atom. The van der Waals surface area contributed by atoms with Crippen LogP contribution in [0, 0.1) is 5.41 Å². The third kappa shape index (κ3) is 2.07. The fraction of sp³-hybridized carbons (Fsp3) is 0.500. The zero-order valence-electron chi connectivity index (χ0n) is 10.1. The van der Waals surface area contributed by atoms with Gasteiger partial charge in [0.1, 0.15) is 6.17 Å². The van der Waals surface area contributed by atoms with Crippen LogP contribution >= 0.6 is 0 Å². The Morgan fingerprint density at radius 3 is 2.71 bits per heavy atom. The highest BCUT2D eigenvalue weighted by atomic mass is 16.2. The molecule has 0 spiro atoms. The predicted octanol–water partition coefficient (Wildman–Crippen LogP) is 1.92. The van der Waals surface area contributed by atoms with Crippen molar-refractivity contribution in [3.05, 3.63) is 35.9 Å². The number of rotatable bonds is 3. The number of nitrogens with zero attached hydrogens (tertiary/aromatic N) is 1. The molecule has 1 aromatic rings. The molecule has 1 saturated heterocycles. The molecule has 3 heteroatoms. The molecule has 1 heterocycles. The van der Waals surface area contributed by atoms with E-state index in [0.29, 0.717) is 12.0 Å². The van der Waals surface area contributed by atoms with Crippen LogP contribution in [0.25, 0.3) is 0 Å². The summed E-state index contributed by atoms with van der Waals surface area (Å²) in [5.74, 6) is 0.229. The summed E-state index contributed by atoms with van der Waals surface area (Å²) in [5.41, 5.74) is 1.55. The second kappa shape index (κ2) is 3.84. The number of amides is 1. The van der Waals surface area contributed by atoms with Crippen molar-refractivity contribution >= 4 is 5.91 Å². The first-order valence-electron chi connectivity index (χ1n) is 6.26. The van der Waals surface area contributed by atoms with E-state index in [-0.39, 0.29) is 12.1 Å². The topological polar surface area (TPSA) is 32.3 Å². The van der Waals surface area contributed by atoms with Crippen molar-refractivity contribution in [1.82, 2.24) is 10.2 Å². The molecule has 1 aromatic carbocycles. The van der Waals surface area contributed by atoms with Gasteiger partial charge in [-0.25, -0.2) is 0 Å². The van der Waals surface area contributed by atoms with Crippen molar-refractivity contribution in [2.24, 2.45) is 5.41 Å². The number of hydrogen-bond donors (Lipinski definition) is 1. The Bertz CT molecular complexity index is 425. The van der Waals surface area contributed by atoms with Gasteiger partial charge in [0.2, 0.25) is 5.91 Å². The van der Waals surface area contributed by atoms with E-state index in [4.69, 9.17) is 0 Å². The summed E-state index contributed by atoms with van der Waals surface area (Å²) in [7, 11) is 0. The van der Waals surface area contributed by atoms with Crippen LogP contribution in [0.4, 0.5) is 0 Å². The molecular formula is C14H18N2O. The second-order valence-electron chi connectivity index (χ2n) is 5.53. The summed E-state index contributed by atoms with van der Waals surface area (Å²) in [6, 6.07) is 10.2. The van der Waals surface area contributed by atoms with Gasteiger partial charge >= 0.3 is 0 Å². The summed E-state index contributed by atoms with van der Waals surface area (Å²) in [4.78, 5) is 13.9. The van der Waals surface area contributed by atoms with Crippen molar-refractivity contribution in [2.75, 3.05) is 13.1 Å². The van der Waals surface area contributed by atoms with Crippen molar-refractivity contribution in [2.45, 2.75) is 25.9 Å². The molecule has 1 atom stereocenters. The van der Waals surface area contributed by atoms with Gasteiger partial charge in [0.25, 0.3) is 0 Å². The molecule has 1 amide bonds. The van der Waals surface area contributed by atoms with E-state index < -0.39 is 0 Å². The van der Waals surface area contributed by atoms with Crippen LogP contribution in [-0.2, 0) is 4.79 Å². The van der Waals surface area contributed by atoms with Crippen LogP contribution < -0.4 is 5.32 Å². The van der Waals surface area contributed by atoms with Gasteiger partial charge < -0.3 is 4.90 Å². The molecule has 1 N–H and O–H groups in total. The molecule has 1 aliphatic heterocycles. The molecular weight excluding hydrogens is 212 g/mol. The van der Waals surface area contributed by atoms with Gasteiger partial charge in [-0.2, -0.15) is 0 Å². The summed E-state index contributed by atoms with van der Waals surface area (Å²) in [6.07, 6.45) is 2.57. The van der Waals surface area contributed by atoms with Crippen LogP contribution in [0.1, 0.15) is 31.5 Å². The largest absolute Gasteiger partial charge is 0.321 e. The van der Waals surface area contributed by atoms with Gasteiger partial charge in [-0.1, -0.05) is 37.3 Å². The molecule has 1 saturated carbocycles. The van der Waals surface area contributed by atoms with Gasteiger partial charge in [-0.15, -0.1) is 0 Å². The van der Waals surface area contributed by atoms with Crippen molar-refractivity contribution in [3.8, 4) is 0 Å². The lowest BCUT2D eigenvalue weighted by Crippen LogP contribution is -2.34. The highest BCUT2D eigenvalue weighted by Crippen LogP contribution is 2.46. The molecule has 0 radical (unpaired) electrons. The highest BCUT2D eigenvalue weighted by Gasteiger charge is 2.43. The number of benzene rings is 1. The van der Waals surface area contributed by atoms with Crippen LogP contribution in [0.5, 0.6) is 0 Å². The molecule has 3 nitrogen and oxygen atoms in total. The maximum absolute atomic E-state index is 11.9. The Hall–Kier alpha value is -1.35. The normalized spacial score (nSPS) is 26.3. The molecule has 1 unspecified atom stereocenters. The summed E-state index contributed by atoms with van der Waals surface area (Å²) >= 11 is 0. The first kappa shape index (κ1) is 10.8. The van der Waals surface area contributed by atoms with E-state index in [2.05, 4.69) is 24.4 Å². The van der Waals surface area contributed by atoms with E-state index in [1.165, 1.54) is 18.4 Å². The minimum Gasteiger partial charge on any atom is -0.321 e. The number of hydrogen-bond acceptors (Lipinski definition) is 2. The van der Waals surface area contributed by atoms with Gasteiger partial charge in [0.05, 0.1) is 6.54 Å². The summed E-state index contributed by atoms with van der Waals surface area (Å²) < 4.78 is 0. The minimum atomic E-state index is 0.0705. The lowest BCUT2D eigenvalue weighted by Gasteiger charge is -2.27. The van der Waals surface area contributed by atoms with Crippen LogP contribution in [0.15, 0.2) is 30.3 Å². The van der Waals surface area contributed by atoms with Gasteiger partial charge in [0.15, 0.2) is 0 Å². The molecule has 1 aliphatic carbocycles. The number of carbonyl (C=O) groups excluding carboxylic acids is 1. The van der Waals surface area contributed by atoms with E-state index in [1.807, 2.05) is 23.1 Å². The van der Waals surface area contributed by atoms with Crippen LogP contribution in [0.3, 0.4) is 0 Å². The fourth-order valence-electron chi connectivity index (χ4n) is 2.44. The molecule has 2 fully saturated rings. The number of nitrogens with one attached hydrogen (secondary N) is 1. The summed E-state index contributed by atoms with van der Waals surface area (Å²) in [6.45, 7) is 3.62. The standard InChI is InChI=1S/C14H18N2O/c1-14(7-8-14)10-16-12(17)9-15-13(16)11-5-3-2-4-6-11/h2-6,13,15H,7-10H2,1H3. The predicted molar refractivity (Wildman–Crippen MR) is 66.2 cm³/mol. The Kier molecular flexibility index (Phi) is 2.44. The van der Waals surface area contributed by atoms with E-state index in [9.17, 15) is 4.79 Å².